The molecule has 1 aromatic carbocycles. The molecule has 1 aliphatic heterocycles. The van der Waals surface area contributed by atoms with Crippen molar-refractivity contribution in [3.05, 3.63) is 23.8 Å². The SMILES string of the molecule is CC(Cc1ccc2c(c1)OC(CO)O2)N(C)C(=O)OC(C)(C)C. The molecule has 0 fully saturated rings. The average Bonchev–Trinajstić information content (AvgIpc) is 2.86. The minimum Gasteiger partial charge on any atom is -0.448 e. The summed E-state index contributed by atoms with van der Waals surface area (Å²) in [7, 11) is 1.73. The highest BCUT2D eigenvalue weighted by atomic mass is 16.7. The maximum atomic E-state index is 12.1. The van der Waals surface area contributed by atoms with Gasteiger partial charge in [0, 0.05) is 13.1 Å². The van der Waals surface area contributed by atoms with Crippen molar-refractivity contribution in [2.75, 3.05) is 13.7 Å². The fourth-order valence-corrected chi connectivity index (χ4v) is 2.24. The standard InChI is InChI=1S/C17H25NO5/c1-11(18(5)16(20)23-17(2,3)4)8-12-6-7-13-14(9-12)22-15(10-19)21-13/h6-7,9,11,15,19H,8,10H2,1-5H3. The zero-order valence-corrected chi connectivity index (χ0v) is 14.3. The lowest BCUT2D eigenvalue weighted by Gasteiger charge is -2.28. The van der Waals surface area contributed by atoms with Crippen LogP contribution in [0.4, 0.5) is 4.79 Å². The van der Waals surface area contributed by atoms with Crippen LogP contribution in [0.2, 0.25) is 0 Å². The fourth-order valence-electron chi connectivity index (χ4n) is 2.24. The van der Waals surface area contributed by atoms with E-state index in [1.807, 2.05) is 45.9 Å². The first kappa shape index (κ1) is 17.4. The van der Waals surface area contributed by atoms with Crippen LogP contribution >= 0.6 is 0 Å². The number of ether oxygens (including phenoxy) is 3. The van der Waals surface area contributed by atoms with Crippen molar-refractivity contribution in [2.24, 2.45) is 0 Å². The lowest BCUT2D eigenvalue weighted by atomic mass is 10.1. The summed E-state index contributed by atoms with van der Waals surface area (Å²) < 4.78 is 16.2. The summed E-state index contributed by atoms with van der Waals surface area (Å²) in [6.45, 7) is 7.31. The molecule has 6 nitrogen and oxygen atoms in total. The van der Waals surface area contributed by atoms with E-state index in [2.05, 4.69) is 0 Å². The first-order valence-electron chi connectivity index (χ1n) is 7.72. The van der Waals surface area contributed by atoms with Crippen molar-refractivity contribution in [3.8, 4) is 11.5 Å². The summed E-state index contributed by atoms with van der Waals surface area (Å²) >= 11 is 0. The van der Waals surface area contributed by atoms with Gasteiger partial charge in [0.15, 0.2) is 11.5 Å². The van der Waals surface area contributed by atoms with Gasteiger partial charge >= 0.3 is 6.09 Å². The average molecular weight is 323 g/mol. The predicted octanol–water partition coefficient (Wildman–Crippen LogP) is 2.57. The van der Waals surface area contributed by atoms with Crippen LogP contribution in [0.3, 0.4) is 0 Å². The molecule has 0 saturated heterocycles. The van der Waals surface area contributed by atoms with Crippen LogP contribution < -0.4 is 9.47 Å². The molecule has 1 aliphatic rings. The molecule has 1 heterocycles. The van der Waals surface area contributed by atoms with E-state index in [1.54, 1.807) is 11.9 Å². The van der Waals surface area contributed by atoms with Crippen molar-refractivity contribution in [1.29, 1.82) is 0 Å². The van der Waals surface area contributed by atoms with Crippen LogP contribution in [0, 0.1) is 0 Å². The number of aliphatic hydroxyl groups is 1. The van der Waals surface area contributed by atoms with Crippen molar-refractivity contribution in [2.45, 2.75) is 52.0 Å². The van der Waals surface area contributed by atoms with Gasteiger partial charge in [-0.05, 0) is 51.8 Å². The Hall–Kier alpha value is -1.95. The predicted molar refractivity (Wildman–Crippen MR) is 85.7 cm³/mol. The molecule has 128 valence electrons. The van der Waals surface area contributed by atoms with E-state index in [-0.39, 0.29) is 18.7 Å². The number of amides is 1. The van der Waals surface area contributed by atoms with E-state index in [4.69, 9.17) is 19.3 Å². The van der Waals surface area contributed by atoms with E-state index in [9.17, 15) is 4.79 Å². The molecule has 2 unspecified atom stereocenters. The molecular weight excluding hydrogens is 298 g/mol. The zero-order valence-electron chi connectivity index (χ0n) is 14.3. The normalized spacial score (nSPS) is 17.7. The molecule has 1 amide bonds. The summed E-state index contributed by atoms with van der Waals surface area (Å²) in [6, 6.07) is 5.60. The van der Waals surface area contributed by atoms with E-state index < -0.39 is 11.9 Å². The Bertz CT molecular complexity index is 567. The fraction of sp³-hybridized carbons (Fsp3) is 0.588. The van der Waals surface area contributed by atoms with Crippen molar-refractivity contribution >= 4 is 6.09 Å². The maximum Gasteiger partial charge on any atom is 0.410 e. The number of nitrogens with zero attached hydrogens (tertiary/aromatic N) is 1. The van der Waals surface area contributed by atoms with Gasteiger partial charge in [-0.25, -0.2) is 4.79 Å². The van der Waals surface area contributed by atoms with Crippen LogP contribution in [0.25, 0.3) is 0 Å². The first-order valence-corrected chi connectivity index (χ1v) is 7.72. The summed E-state index contributed by atoms with van der Waals surface area (Å²) in [4.78, 5) is 13.7. The number of carbonyl (C=O) groups is 1. The molecule has 0 aliphatic carbocycles. The number of likely N-dealkylation sites (N-methyl/N-ethyl adjacent to an activating group) is 1. The lowest BCUT2D eigenvalue weighted by Crippen LogP contribution is -2.40. The highest BCUT2D eigenvalue weighted by Crippen LogP contribution is 2.35. The molecule has 0 aromatic heterocycles. The molecule has 2 rings (SSSR count). The Balaban J connectivity index is 1.98. The Morgan fingerprint density at radius 3 is 2.61 bits per heavy atom. The smallest absolute Gasteiger partial charge is 0.410 e. The summed E-state index contributed by atoms with van der Waals surface area (Å²) in [5.74, 6) is 1.25. The molecule has 1 aromatic rings. The number of aliphatic hydroxyl groups excluding tert-OH is 1. The minimum absolute atomic E-state index is 0.0288. The van der Waals surface area contributed by atoms with E-state index in [0.717, 1.165) is 5.56 Å². The largest absolute Gasteiger partial charge is 0.448 e. The van der Waals surface area contributed by atoms with Gasteiger partial charge in [0.25, 0.3) is 6.29 Å². The minimum atomic E-state index is -0.637. The first-order chi connectivity index (χ1) is 10.7. The molecule has 0 radical (unpaired) electrons. The van der Waals surface area contributed by atoms with Crippen molar-refractivity contribution in [3.63, 3.8) is 0 Å². The summed E-state index contributed by atoms with van der Waals surface area (Å²) in [5, 5.41) is 9.07. The molecule has 0 saturated carbocycles. The van der Waals surface area contributed by atoms with Gasteiger partial charge in [-0.15, -0.1) is 0 Å². The molecule has 2 atom stereocenters. The number of fused-ring (bicyclic) bond motifs is 1. The van der Waals surface area contributed by atoms with Gasteiger partial charge in [-0.2, -0.15) is 0 Å². The number of hydrogen-bond donors (Lipinski definition) is 1. The number of rotatable bonds is 4. The maximum absolute atomic E-state index is 12.1. The molecule has 0 spiro atoms. The Labute approximate surface area is 136 Å². The molecule has 23 heavy (non-hydrogen) atoms. The Morgan fingerprint density at radius 1 is 1.35 bits per heavy atom. The van der Waals surface area contributed by atoms with Crippen LogP contribution in [0.1, 0.15) is 33.3 Å². The van der Waals surface area contributed by atoms with Crippen molar-refractivity contribution < 1.29 is 24.1 Å². The van der Waals surface area contributed by atoms with Crippen LogP contribution in [0.15, 0.2) is 18.2 Å². The third kappa shape index (κ3) is 4.51. The molecule has 0 bridgehead atoms. The van der Waals surface area contributed by atoms with E-state index in [1.165, 1.54) is 0 Å². The Morgan fingerprint density at radius 2 is 2.00 bits per heavy atom. The van der Waals surface area contributed by atoms with E-state index >= 15 is 0 Å². The van der Waals surface area contributed by atoms with Gasteiger partial charge in [-0.1, -0.05) is 6.07 Å². The topological polar surface area (TPSA) is 68.2 Å². The number of benzene rings is 1. The molecular formula is C17H25NO5. The van der Waals surface area contributed by atoms with Gasteiger partial charge in [-0.3, -0.25) is 0 Å². The third-order valence-electron chi connectivity index (χ3n) is 3.55. The van der Waals surface area contributed by atoms with Crippen LogP contribution in [-0.2, 0) is 11.2 Å². The number of hydrogen-bond acceptors (Lipinski definition) is 5. The van der Waals surface area contributed by atoms with Gasteiger partial charge in [0.2, 0.25) is 0 Å². The second-order valence-electron chi connectivity index (χ2n) is 6.77. The lowest BCUT2D eigenvalue weighted by molar-refractivity contribution is -0.000799. The highest BCUT2D eigenvalue weighted by molar-refractivity contribution is 5.68. The second-order valence-corrected chi connectivity index (χ2v) is 6.77. The van der Waals surface area contributed by atoms with Crippen LogP contribution in [-0.4, -0.2) is 47.7 Å². The van der Waals surface area contributed by atoms with Gasteiger partial charge in [0.05, 0.1) is 0 Å². The second kappa shape index (κ2) is 6.66. The van der Waals surface area contributed by atoms with Crippen molar-refractivity contribution in [1.82, 2.24) is 4.90 Å². The quantitative estimate of drug-likeness (QED) is 0.922. The molecule has 6 heteroatoms. The van der Waals surface area contributed by atoms with Gasteiger partial charge < -0.3 is 24.2 Å². The van der Waals surface area contributed by atoms with Gasteiger partial charge in [0.1, 0.15) is 12.2 Å². The van der Waals surface area contributed by atoms with Crippen LogP contribution in [0.5, 0.6) is 11.5 Å². The highest BCUT2D eigenvalue weighted by Gasteiger charge is 2.25. The van der Waals surface area contributed by atoms with E-state index in [0.29, 0.717) is 17.9 Å². The molecule has 1 N–H and O–H groups in total. The third-order valence-corrected chi connectivity index (χ3v) is 3.55. The zero-order chi connectivity index (χ0) is 17.2. The summed E-state index contributed by atoms with van der Waals surface area (Å²) in [6.07, 6.45) is -0.316. The number of carbonyl (C=O) groups excluding carboxylic acids is 1. The summed E-state index contributed by atoms with van der Waals surface area (Å²) in [5.41, 5.74) is 0.511. The Kier molecular flexibility index (Phi) is 5.04. The monoisotopic (exact) mass is 323 g/mol.